The maximum Gasteiger partial charge on any atom is 0.273 e. The molecule has 0 unspecified atom stereocenters. The van der Waals surface area contributed by atoms with Crippen LogP contribution in [0.4, 0.5) is 17.1 Å². The van der Waals surface area contributed by atoms with Crippen LogP contribution in [0.15, 0.2) is 65.7 Å². The average molecular weight is 450 g/mol. The molecule has 1 aliphatic heterocycles. The van der Waals surface area contributed by atoms with Gasteiger partial charge in [0.1, 0.15) is 6.33 Å². The van der Waals surface area contributed by atoms with Crippen molar-refractivity contribution in [3.63, 3.8) is 0 Å². The van der Waals surface area contributed by atoms with E-state index < -0.39 is 0 Å². The Hall–Kier alpha value is -3.69. The largest absolute Gasteiger partial charge is 0.378 e. The quantitative estimate of drug-likeness (QED) is 0.482. The van der Waals surface area contributed by atoms with Crippen LogP contribution >= 0.6 is 11.6 Å². The van der Waals surface area contributed by atoms with Crippen molar-refractivity contribution < 1.29 is 4.74 Å². The van der Waals surface area contributed by atoms with E-state index in [-0.39, 0.29) is 5.56 Å². The van der Waals surface area contributed by atoms with Gasteiger partial charge in [-0.05, 0) is 48.5 Å². The van der Waals surface area contributed by atoms with Crippen molar-refractivity contribution in [3.8, 4) is 17.2 Å². The number of morpholine rings is 1. The maximum atomic E-state index is 12.9. The number of aromatic nitrogens is 5. The van der Waals surface area contributed by atoms with Gasteiger partial charge in [0.15, 0.2) is 11.5 Å². The number of H-pyrrole nitrogens is 1. The van der Waals surface area contributed by atoms with Crippen molar-refractivity contribution in [3.05, 3.63) is 76.3 Å². The summed E-state index contributed by atoms with van der Waals surface area (Å²) in [6.45, 7) is 3.21. The second-order valence-electron chi connectivity index (χ2n) is 7.24. The number of nitrogens with one attached hydrogen (secondary N) is 2. The minimum absolute atomic E-state index is 0.289. The molecular formula is C22H20ClN7O2. The van der Waals surface area contributed by atoms with Crippen LogP contribution in [0.5, 0.6) is 0 Å². The second kappa shape index (κ2) is 8.81. The van der Waals surface area contributed by atoms with Crippen LogP contribution in [-0.4, -0.2) is 51.3 Å². The molecule has 3 heterocycles. The number of anilines is 3. The average Bonchev–Trinajstić information content (AvgIpc) is 3.36. The van der Waals surface area contributed by atoms with Crippen LogP contribution in [0.25, 0.3) is 17.2 Å². The van der Waals surface area contributed by atoms with Gasteiger partial charge in [-0.15, -0.1) is 0 Å². The molecule has 0 radical (unpaired) electrons. The van der Waals surface area contributed by atoms with E-state index in [9.17, 15) is 4.79 Å². The zero-order chi connectivity index (χ0) is 21.9. The summed E-state index contributed by atoms with van der Waals surface area (Å²) in [7, 11) is 0. The highest BCUT2D eigenvalue weighted by Crippen LogP contribution is 2.27. The third kappa shape index (κ3) is 4.20. The predicted molar refractivity (Wildman–Crippen MR) is 123 cm³/mol. The van der Waals surface area contributed by atoms with E-state index in [1.54, 1.807) is 24.3 Å². The molecule has 0 aliphatic carbocycles. The fourth-order valence-electron chi connectivity index (χ4n) is 3.55. The van der Waals surface area contributed by atoms with Crippen LogP contribution in [0.1, 0.15) is 0 Å². The molecule has 0 spiro atoms. The Bertz CT molecular complexity index is 1250. The van der Waals surface area contributed by atoms with Crippen molar-refractivity contribution in [2.45, 2.75) is 0 Å². The molecule has 1 fully saturated rings. The third-order valence-electron chi connectivity index (χ3n) is 5.16. The minimum Gasteiger partial charge on any atom is -0.378 e. The molecule has 4 aromatic rings. The highest BCUT2D eigenvalue weighted by molar-refractivity contribution is 6.30. The molecule has 5 rings (SSSR count). The van der Waals surface area contributed by atoms with E-state index >= 15 is 0 Å². The lowest BCUT2D eigenvalue weighted by molar-refractivity contribution is 0.122. The summed E-state index contributed by atoms with van der Waals surface area (Å²) in [4.78, 5) is 19.4. The van der Waals surface area contributed by atoms with Crippen molar-refractivity contribution in [1.82, 2.24) is 25.0 Å². The molecular weight excluding hydrogens is 430 g/mol. The number of rotatable bonds is 5. The number of aromatic amines is 1. The van der Waals surface area contributed by atoms with Gasteiger partial charge in [0.25, 0.3) is 5.56 Å². The summed E-state index contributed by atoms with van der Waals surface area (Å²) in [6.07, 6.45) is 1.40. The molecule has 2 aromatic carbocycles. The first kappa shape index (κ1) is 20.2. The van der Waals surface area contributed by atoms with Crippen LogP contribution in [-0.2, 0) is 4.74 Å². The Kier molecular flexibility index (Phi) is 5.57. The molecule has 1 aliphatic rings. The summed E-state index contributed by atoms with van der Waals surface area (Å²) in [5, 5.41) is 15.2. The monoisotopic (exact) mass is 449 g/mol. The summed E-state index contributed by atoms with van der Waals surface area (Å²) in [6, 6.07) is 16.4. The van der Waals surface area contributed by atoms with Gasteiger partial charge < -0.3 is 15.0 Å². The Balaban J connectivity index is 1.48. The van der Waals surface area contributed by atoms with Crippen molar-refractivity contribution in [2.24, 2.45) is 0 Å². The molecule has 32 heavy (non-hydrogen) atoms. The molecule has 2 N–H and O–H groups in total. The summed E-state index contributed by atoms with van der Waals surface area (Å²) in [5.74, 6) is 0.445. The van der Waals surface area contributed by atoms with E-state index in [1.165, 1.54) is 17.1 Å². The molecule has 2 aromatic heterocycles. The molecule has 10 heteroatoms. The Labute approximate surface area is 188 Å². The predicted octanol–water partition coefficient (Wildman–Crippen LogP) is 3.25. The second-order valence-corrected chi connectivity index (χ2v) is 7.67. The van der Waals surface area contributed by atoms with Crippen molar-refractivity contribution in [2.75, 3.05) is 36.5 Å². The van der Waals surface area contributed by atoms with Gasteiger partial charge in [-0.25, -0.2) is 4.98 Å². The summed E-state index contributed by atoms with van der Waals surface area (Å²) in [5.41, 5.74) is 3.26. The topological polar surface area (TPSA) is 101 Å². The Morgan fingerprint density at radius 1 is 1.00 bits per heavy atom. The first-order valence-corrected chi connectivity index (χ1v) is 10.5. The molecule has 9 nitrogen and oxygen atoms in total. The molecule has 162 valence electrons. The highest BCUT2D eigenvalue weighted by atomic mass is 35.5. The number of hydrogen-bond donors (Lipinski definition) is 2. The Morgan fingerprint density at radius 3 is 2.41 bits per heavy atom. The van der Waals surface area contributed by atoms with E-state index in [1.807, 2.05) is 24.3 Å². The molecule has 0 saturated carbocycles. The first-order chi connectivity index (χ1) is 15.7. The van der Waals surface area contributed by atoms with Gasteiger partial charge in [-0.1, -0.05) is 11.6 Å². The van der Waals surface area contributed by atoms with Crippen LogP contribution in [0, 0.1) is 0 Å². The fourth-order valence-corrected chi connectivity index (χ4v) is 3.67. The number of benzene rings is 2. The molecule has 0 amide bonds. The third-order valence-corrected chi connectivity index (χ3v) is 5.42. The van der Waals surface area contributed by atoms with Crippen LogP contribution in [0.2, 0.25) is 5.02 Å². The Morgan fingerprint density at radius 2 is 1.72 bits per heavy atom. The first-order valence-electron chi connectivity index (χ1n) is 10.1. The molecule has 1 saturated heterocycles. The van der Waals surface area contributed by atoms with Gasteiger partial charge in [-0.2, -0.15) is 14.9 Å². The lowest BCUT2D eigenvalue weighted by Crippen LogP contribution is -2.36. The van der Waals surface area contributed by atoms with Gasteiger partial charge in [0, 0.05) is 35.6 Å². The standard InChI is InChI=1S/C22H20ClN7O2/c23-15-1-5-18(6-2-15)30-20(31)13-19(21(28-30)22-24-14-25-27-22)26-16-3-7-17(8-4-16)29-9-11-32-12-10-29/h1-8,13-14,26H,9-12H2,(H,24,25,27). The van der Waals surface area contributed by atoms with Crippen LogP contribution in [0.3, 0.4) is 0 Å². The van der Waals surface area contributed by atoms with E-state index in [0.29, 0.717) is 27.9 Å². The number of ether oxygens (including phenoxy) is 1. The number of hydrogen-bond acceptors (Lipinski definition) is 7. The zero-order valence-electron chi connectivity index (χ0n) is 17.0. The molecule has 0 bridgehead atoms. The van der Waals surface area contributed by atoms with Crippen molar-refractivity contribution in [1.29, 1.82) is 0 Å². The van der Waals surface area contributed by atoms with Crippen LogP contribution < -0.4 is 15.8 Å². The smallest absolute Gasteiger partial charge is 0.273 e. The van der Waals surface area contributed by atoms with Crippen molar-refractivity contribution >= 4 is 28.7 Å². The lowest BCUT2D eigenvalue weighted by Gasteiger charge is -2.29. The van der Waals surface area contributed by atoms with E-state index in [4.69, 9.17) is 16.3 Å². The zero-order valence-corrected chi connectivity index (χ0v) is 17.8. The van der Waals surface area contributed by atoms with Gasteiger partial charge >= 0.3 is 0 Å². The normalized spacial score (nSPS) is 13.8. The lowest BCUT2D eigenvalue weighted by atomic mass is 10.2. The van der Waals surface area contributed by atoms with E-state index in [0.717, 1.165) is 37.7 Å². The molecule has 0 atom stereocenters. The highest BCUT2D eigenvalue weighted by Gasteiger charge is 2.16. The number of halogens is 1. The van der Waals surface area contributed by atoms with Gasteiger partial charge in [0.2, 0.25) is 0 Å². The summed E-state index contributed by atoms with van der Waals surface area (Å²) >= 11 is 5.98. The maximum absolute atomic E-state index is 12.9. The van der Waals surface area contributed by atoms with Gasteiger partial charge in [0.05, 0.1) is 24.6 Å². The van der Waals surface area contributed by atoms with E-state index in [2.05, 4.69) is 30.5 Å². The number of nitrogens with zero attached hydrogens (tertiary/aromatic N) is 5. The SMILES string of the molecule is O=c1cc(Nc2ccc(N3CCOCC3)cc2)c(-c2ncn[nH]2)nn1-c1ccc(Cl)cc1. The summed E-state index contributed by atoms with van der Waals surface area (Å²) < 4.78 is 6.72. The fraction of sp³-hybridized carbons (Fsp3) is 0.182. The minimum atomic E-state index is -0.289. The van der Waals surface area contributed by atoms with Gasteiger partial charge in [-0.3, -0.25) is 9.89 Å².